The topological polar surface area (TPSA) is 38.9 Å². The minimum absolute atomic E-state index is 0.556. The Hall–Kier alpha value is -1.67. The first-order valence-electron chi connectivity index (χ1n) is 5.44. The largest absolute Gasteiger partial charge is 0.326 e. The van der Waals surface area contributed by atoms with E-state index >= 15 is 0 Å². The fourth-order valence-corrected chi connectivity index (χ4v) is 1.78. The Morgan fingerprint density at radius 1 is 1.19 bits per heavy atom. The summed E-state index contributed by atoms with van der Waals surface area (Å²) in [5.41, 5.74) is 11.5. The van der Waals surface area contributed by atoms with Crippen LogP contribution in [-0.4, -0.2) is 4.98 Å². The van der Waals surface area contributed by atoms with Gasteiger partial charge in [0.1, 0.15) is 0 Å². The standard InChI is InChI=1S/C14H16N2/c1-10-4-3-5-13(11(10)2)14-8-12(9-15)6-7-16-14/h3-8H,9,15H2,1-2H3. The molecule has 0 atom stereocenters. The summed E-state index contributed by atoms with van der Waals surface area (Å²) in [6.45, 7) is 4.80. The quantitative estimate of drug-likeness (QED) is 0.831. The number of aromatic nitrogens is 1. The summed E-state index contributed by atoms with van der Waals surface area (Å²) in [6, 6.07) is 10.3. The monoisotopic (exact) mass is 212 g/mol. The van der Waals surface area contributed by atoms with E-state index in [2.05, 4.69) is 43.1 Å². The SMILES string of the molecule is Cc1cccc(-c2cc(CN)ccn2)c1C. The molecule has 0 aliphatic rings. The first kappa shape index (κ1) is 10.8. The van der Waals surface area contributed by atoms with Crippen LogP contribution in [0, 0.1) is 13.8 Å². The van der Waals surface area contributed by atoms with Gasteiger partial charge in [-0.25, -0.2) is 0 Å². The molecule has 0 fully saturated rings. The van der Waals surface area contributed by atoms with Crippen LogP contribution in [0.25, 0.3) is 11.3 Å². The van der Waals surface area contributed by atoms with Gasteiger partial charge in [0.2, 0.25) is 0 Å². The predicted molar refractivity (Wildman–Crippen MR) is 67.0 cm³/mol. The van der Waals surface area contributed by atoms with Crippen LogP contribution in [0.3, 0.4) is 0 Å². The molecule has 2 heteroatoms. The Bertz CT molecular complexity index is 504. The first-order chi connectivity index (χ1) is 7.72. The summed E-state index contributed by atoms with van der Waals surface area (Å²) in [6.07, 6.45) is 1.82. The van der Waals surface area contributed by atoms with Crippen molar-refractivity contribution in [1.82, 2.24) is 4.98 Å². The van der Waals surface area contributed by atoms with Crippen LogP contribution in [0.15, 0.2) is 36.5 Å². The van der Waals surface area contributed by atoms with Crippen molar-refractivity contribution in [2.24, 2.45) is 5.73 Å². The zero-order valence-corrected chi connectivity index (χ0v) is 9.70. The normalized spacial score (nSPS) is 10.4. The Morgan fingerprint density at radius 2 is 2.00 bits per heavy atom. The van der Waals surface area contributed by atoms with E-state index in [9.17, 15) is 0 Å². The number of benzene rings is 1. The third-order valence-electron chi connectivity index (χ3n) is 2.94. The molecule has 82 valence electrons. The molecule has 0 saturated heterocycles. The molecule has 16 heavy (non-hydrogen) atoms. The van der Waals surface area contributed by atoms with Crippen molar-refractivity contribution in [2.45, 2.75) is 20.4 Å². The molecule has 0 radical (unpaired) electrons. The molecule has 0 aliphatic heterocycles. The van der Waals surface area contributed by atoms with Gasteiger partial charge in [0, 0.05) is 18.3 Å². The van der Waals surface area contributed by atoms with E-state index in [1.54, 1.807) is 0 Å². The van der Waals surface area contributed by atoms with Crippen molar-refractivity contribution < 1.29 is 0 Å². The lowest BCUT2D eigenvalue weighted by Crippen LogP contribution is -1.97. The number of nitrogens with two attached hydrogens (primary N) is 1. The third-order valence-corrected chi connectivity index (χ3v) is 2.94. The molecular weight excluding hydrogens is 196 g/mol. The molecule has 0 bridgehead atoms. The summed E-state index contributed by atoms with van der Waals surface area (Å²) in [7, 11) is 0. The highest BCUT2D eigenvalue weighted by Crippen LogP contribution is 2.24. The van der Waals surface area contributed by atoms with Crippen molar-refractivity contribution in [3.8, 4) is 11.3 Å². The lowest BCUT2D eigenvalue weighted by atomic mass is 10.00. The average Bonchev–Trinajstić information content (AvgIpc) is 2.33. The highest BCUT2D eigenvalue weighted by molar-refractivity contribution is 5.65. The van der Waals surface area contributed by atoms with Gasteiger partial charge in [-0.15, -0.1) is 0 Å². The van der Waals surface area contributed by atoms with E-state index in [1.165, 1.54) is 16.7 Å². The third kappa shape index (κ3) is 1.97. The molecule has 0 spiro atoms. The van der Waals surface area contributed by atoms with Gasteiger partial charge in [-0.3, -0.25) is 4.98 Å². The van der Waals surface area contributed by atoms with E-state index in [1.807, 2.05) is 12.3 Å². The van der Waals surface area contributed by atoms with E-state index < -0.39 is 0 Å². The Balaban J connectivity index is 2.54. The van der Waals surface area contributed by atoms with Crippen LogP contribution < -0.4 is 5.73 Å². The molecule has 0 unspecified atom stereocenters. The molecule has 2 aromatic rings. The maximum Gasteiger partial charge on any atom is 0.0707 e. The summed E-state index contributed by atoms with van der Waals surface area (Å²) in [5.74, 6) is 0. The van der Waals surface area contributed by atoms with Gasteiger partial charge in [0.25, 0.3) is 0 Å². The van der Waals surface area contributed by atoms with Crippen LogP contribution >= 0.6 is 0 Å². The van der Waals surface area contributed by atoms with Crippen molar-refractivity contribution >= 4 is 0 Å². The second-order valence-corrected chi connectivity index (χ2v) is 4.00. The highest BCUT2D eigenvalue weighted by Gasteiger charge is 2.05. The van der Waals surface area contributed by atoms with Gasteiger partial charge in [-0.05, 0) is 42.7 Å². The second kappa shape index (κ2) is 4.45. The van der Waals surface area contributed by atoms with Gasteiger partial charge >= 0.3 is 0 Å². The van der Waals surface area contributed by atoms with Crippen molar-refractivity contribution in [3.05, 3.63) is 53.2 Å². The summed E-state index contributed by atoms with van der Waals surface area (Å²) < 4.78 is 0. The highest BCUT2D eigenvalue weighted by atomic mass is 14.7. The maximum absolute atomic E-state index is 5.64. The summed E-state index contributed by atoms with van der Waals surface area (Å²) >= 11 is 0. The zero-order chi connectivity index (χ0) is 11.5. The minimum atomic E-state index is 0.556. The number of rotatable bonds is 2. The maximum atomic E-state index is 5.64. The zero-order valence-electron chi connectivity index (χ0n) is 9.70. The predicted octanol–water partition coefficient (Wildman–Crippen LogP) is 2.82. The van der Waals surface area contributed by atoms with Crippen LogP contribution in [0.5, 0.6) is 0 Å². The smallest absolute Gasteiger partial charge is 0.0707 e. The van der Waals surface area contributed by atoms with Gasteiger partial charge < -0.3 is 5.73 Å². The van der Waals surface area contributed by atoms with Crippen LogP contribution in [0.1, 0.15) is 16.7 Å². The van der Waals surface area contributed by atoms with Crippen molar-refractivity contribution in [3.63, 3.8) is 0 Å². The number of aryl methyl sites for hydroxylation is 1. The van der Waals surface area contributed by atoms with Crippen molar-refractivity contribution in [2.75, 3.05) is 0 Å². The minimum Gasteiger partial charge on any atom is -0.326 e. The lowest BCUT2D eigenvalue weighted by molar-refractivity contribution is 1.06. The molecular formula is C14H16N2. The van der Waals surface area contributed by atoms with E-state index in [-0.39, 0.29) is 0 Å². The Morgan fingerprint density at radius 3 is 2.75 bits per heavy atom. The van der Waals surface area contributed by atoms with Gasteiger partial charge in [0.05, 0.1) is 5.69 Å². The number of pyridine rings is 1. The first-order valence-corrected chi connectivity index (χ1v) is 5.44. The molecule has 1 aromatic heterocycles. The van der Waals surface area contributed by atoms with Gasteiger partial charge in [-0.1, -0.05) is 18.2 Å². The van der Waals surface area contributed by atoms with Crippen LogP contribution in [-0.2, 0) is 6.54 Å². The van der Waals surface area contributed by atoms with E-state index in [0.717, 1.165) is 11.3 Å². The second-order valence-electron chi connectivity index (χ2n) is 4.00. The van der Waals surface area contributed by atoms with E-state index in [4.69, 9.17) is 5.73 Å². The molecule has 1 heterocycles. The Labute approximate surface area is 96.1 Å². The molecule has 0 saturated carbocycles. The number of nitrogens with zero attached hydrogens (tertiary/aromatic N) is 1. The molecule has 2 N–H and O–H groups in total. The van der Waals surface area contributed by atoms with Gasteiger partial charge in [-0.2, -0.15) is 0 Å². The number of hydrogen-bond donors (Lipinski definition) is 1. The van der Waals surface area contributed by atoms with Crippen LogP contribution in [0.4, 0.5) is 0 Å². The molecule has 0 amide bonds. The summed E-state index contributed by atoms with van der Waals surface area (Å²) in [5, 5.41) is 0. The lowest BCUT2D eigenvalue weighted by Gasteiger charge is -2.08. The van der Waals surface area contributed by atoms with E-state index in [0.29, 0.717) is 6.54 Å². The fraction of sp³-hybridized carbons (Fsp3) is 0.214. The fourth-order valence-electron chi connectivity index (χ4n) is 1.78. The van der Waals surface area contributed by atoms with Crippen LogP contribution in [0.2, 0.25) is 0 Å². The number of hydrogen-bond acceptors (Lipinski definition) is 2. The van der Waals surface area contributed by atoms with Crippen molar-refractivity contribution in [1.29, 1.82) is 0 Å². The molecule has 1 aromatic carbocycles. The molecule has 0 aliphatic carbocycles. The molecule has 2 rings (SSSR count). The Kier molecular flexibility index (Phi) is 3.02. The average molecular weight is 212 g/mol. The summed E-state index contributed by atoms with van der Waals surface area (Å²) in [4.78, 5) is 4.40. The molecule has 2 nitrogen and oxygen atoms in total. The van der Waals surface area contributed by atoms with Gasteiger partial charge in [0.15, 0.2) is 0 Å².